The lowest BCUT2D eigenvalue weighted by molar-refractivity contribution is 0.00856. The molecule has 0 radical (unpaired) electrons. The molecule has 140 heavy (non-hydrogen) atoms. The van der Waals surface area contributed by atoms with Gasteiger partial charge in [-0.1, -0.05) is 176 Å². The van der Waals surface area contributed by atoms with Gasteiger partial charge in [-0.25, -0.2) is 19.2 Å². The number of rotatable bonds is 24. The summed E-state index contributed by atoms with van der Waals surface area (Å²) < 4.78 is 183. The lowest BCUT2D eigenvalue weighted by Gasteiger charge is -2.37. The zero-order valence-corrected chi connectivity index (χ0v) is 87.8. The molecule has 8 aromatic carbocycles. The van der Waals surface area contributed by atoms with E-state index in [2.05, 4.69) is 0 Å². The number of fused-ring (bicyclic) bond motifs is 8. The maximum atomic E-state index is 16.3. The number of benzene rings is 8. The summed E-state index contributed by atoms with van der Waals surface area (Å²) in [5.74, 6) is -11.9. The van der Waals surface area contributed by atoms with E-state index in [1.165, 1.54) is 92.4 Å². The van der Waals surface area contributed by atoms with Gasteiger partial charge in [0, 0.05) is 92.3 Å². The quantitative estimate of drug-likeness (QED) is 0.0322. The molecule has 32 heteroatoms. The van der Waals surface area contributed by atoms with Crippen LogP contribution in [0.5, 0.6) is 46.0 Å². The van der Waals surface area contributed by atoms with Crippen LogP contribution in [0.25, 0.3) is 0 Å². The Morgan fingerprint density at radius 3 is 0.607 bits per heavy atom. The fourth-order valence-electron chi connectivity index (χ4n) is 19.6. The van der Waals surface area contributed by atoms with Crippen LogP contribution in [0.2, 0.25) is 0 Å². The maximum Gasteiger partial charge on any atom is 0.410 e. The summed E-state index contributed by atoms with van der Waals surface area (Å²) in [4.78, 5) is 66.9. The van der Waals surface area contributed by atoms with Crippen molar-refractivity contribution in [2.75, 3.05) is 0 Å². The monoisotopic (exact) mass is 2000 g/mol. The summed E-state index contributed by atoms with van der Waals surface area (Å²) in [7, 11) is -21.1. The van der Waals surface area contributed by atoms with E-state index >= 15 is 52.8 Å². The molecule has 28 nitrogen and oxygen atoms in total. The molecular weight excluding hydrogens is 1870 g/mol. The van der Waals surface area contributed by atoms with E-state index in [1.807, 2.05) is 0 Å². The van der Waals surface area contributed by atoms with Crippen LogP contribution in [-0.2, 0) is 85.6 Å². The van der Waals surface area contributed by atoms with E-state index in [9.17, 15) is 20.4 Å². The van der Waals surface area contributed by atoms with Gasteiger partial charge in [-0.2, -0.15) is 33.7 Å². The van der Waals surface area contributed by atoms with Gasteiger partial charge in [-0.05, 0) is 235 Å². The number of phenols is 4. The summed E-state index contributed by atoms with van der Waals surface area (Å²) in [6, 6.07) is 25.8. The molecule has 0 saturated heterocycles. The molecule has 13 rings (SSSR count). The molecule has 8 bridgehead atoms. The summed E-state index contributed by atoms with van der Waals surface area (Å²) in [5, 5.41) is 57.2. The summed E-state index contributed by atoms with van der Waals surface area (Å²) in [6.45, 7) is 30.5. The topological polar surface area (TPSA) is 373 Å². The minimum atomic E-state index is -5.26. The number of ether oxygens (including phenoxy) is 4. The van der Waals surface area contributed by atoms with Crippen molar-refractivity contribution >= 4 is 64.8 Å². The first-order valence-corrected chi connectivity index (χ1v) is 54.7. The Kier molecular flexibility index (Phi) is 32.1. The Balaban J connectivity index is 1.29. The molecule has 0 spiro atoms. The number of carbonyl (C=O) groups is 4. The minimum Gasteiger partial charge on any atom is -0.507 e. The largest absolute Gasteiger partial charge is 0.507 e. The Morgan fingerprint density at radius 1 is 0.271 bits per heavy atom. The van der Waals surface area contributed by atoms with Gasteiger partial charge in [0.15, 0.2) is 23.0 Å². The lowest BCUT2D eigenvalue weighted by atomic mass is 9.78. The Labute approximate surface area is 827 Å². The molecule has 4 fully saturated rings. The third-order valence-corrected chi connectivity index (χ3v) is 32.2. The van der Waals surface area contributed by atoms with Crippen LogP contribution >= 0.6 is 0 Å². The predicted octanol–water partition coefficient (Wildman–Crippen LogP) is 24.0. The highest BCUT2D eigenvalue weighted by molar-refractivity contribution is 7.88. The fraction of sp³-hybridized carbons (Fsp3) is 0.519. The van der Waals surface area contributed by atoms with Crippen molar-refractivity contribution in [2.24, 2.45) is 0 Å². The lowest BCUT2D eigenvalue weighted by Crippen LogP contribution is -2.44. The molecule has 760 valence electrons. The smallest absolute Gasteiger partial charge is 0.410 e. The third kappa shape index (κ3) is 24.8. The van der Waals surface area contributed by atoms with E-state index in [4.69, 9.17) is 35.7 Å². The van der Waals surface area contributed by atoms with Crippen molar-refractivity contribution in [1.82, 2.24) is 19.6 Å². The Morgan fingerprint density at radius 2 is 0.436 bits per heavy atom. The number of carbonyl (C=O) groups excluding carboxylic acids is 4. The molecule has 8 aromatic rings. The highest BCUT2D eigenvalue weighted by atomic mass is 32.2. The van der Waals surface area contributed by atoms with Crippen LogP contribution in [0, 0.1) is 27.7 Å². The van der Waals surface area contributed by atoms with E-state index < -0.39 is 238 Å². The molecular formula is C108H140N4O24S4. The van der Waals surface area contributed by atoms with E-state index in [0.29, 0.717) is 125 Å². The first-order valence-electron chi connectivity index (χ1n) is 49.1. The molecule has 0 aliphatic heterocycles. The van der Waals surface area contributed by atoms with Crippen molar-refractivity contribution in [1.29, 1.82) is 0 Å². The van der Waals surface area contributed by atoms with Gasteiger partial charge in [0.2, 0.25) is 0 Å². The molecule has 4 atom stereocenters. The number of hydrogen-bond donors (Lipinski definition) is 4. The van der Waals surface area contributed by atoms with Crippen LogP contribution in [0.15, 0.2) is 141 Å². The Bertz CT molecular complexity index is 5720. The first kappa shape index (κ1) is 106. The number of hydrogen-bond acceptors (Lipinski definition) is 24. The van der Waals surface area contributed by atoms with E-state index in [1.54, 1.807) is 187 Å². The fourth-order valence-corrected chi connectivity index (χ4v) is 23.6. The standard InChI is InChI=1S/C108H140N4O24S4/c1-65-41-49-77(50-42-65)137(121,122)133-97-85-59-86(98(134-138(123,124)78-51-43-66(2)44-52-78)91(97)63-111(75-37-29-23-30-38-75)103(119)131-107(15,16)17)70(6)83-58-84(96(116)90(95(83)115)62-110(74-35-27-22-28-36-74)102(118)130-106(12,13)14)72(8)88-60-87(71(7)82-57-81(69(85)5)93(113)89(94(82)114)61-109(73-33-25-21-26-34-73)101(117)129-105(9,10)11)99(135-139(125,126)79-53-45-67(3)46-54-79)92(100(88)136-140(127,128)80-55-47-68(4)48-56-80)64-112(76-39-31-24-32-40-76)104(120)132-108(18,19)20/h41-60,69-76,113-116H,21-40,61-64H2,1-20H3. The summed E-state index contributed by atoms with van der Waals surface area (Å²) >= 11 is 0. The zero-order valence-electron chi connectivity index (χ0n) is 84.5. The summed E-state index contributed by atoms with van der Waals surface area (Å²) in [6.07, 6.45) is 7.69. The molecule has 5 aliphatic carbocycles. The van der Waals surface area contributed by atoms with Crippen molar-refractivity contribution in [3.8, 4) is 46.0 Å². The molecule has 0 heterocycles. The number of phenolic OH excluding ortho intramolecular Hbond substituents is 4. The highest BCUT2D eigenvalue weighted by Gasteiger charge is 2.46. The number of aryl methyl sites for hydroxylation is 4. The molecule has 4 saturated carbocycles. The van der Waals surface area contributed by atoms with Crippen LogP contribution in [-0.4, -0.2) is 145 Å². The molecule has 4 amide bonds. The van der Waals surface area contributed by atoms with Crippen molar-refractivity contribution in [3.05, 3.63) is 210 Å². The van der Waals surface area contributed by atoms with Crippen LogP contribution in [0.1, 0.15) is 352 Å². The minimum absolute atomic E-state index is 0.193. The SMILES string of the molecule is Cc1ccc(S(=O)(=O)Oc2c3cc(c(OS(=O)(=O)c4ccc(C)cc4)c2CN(C(=O)OC(C)(C)C)C2CCCCC2)C(C)c2cc(c(O)c(CN(C(=O)OC(C)(C)C)C4CCCCC4)c2O)C(C)c2cc(c(OS(=O)(=O)c4ccc(C)cc4)c(CN(C(=O)OC(C)(C)C)C4CCCCC4)c2OS(=O)(=O)c2ccc(C)cc2)C(C)c2cc(c(O)c(CN(C(=O)OC(C)(C)C)C4CCCCC4)c2O)C3C)cc1. The maximum absolute atomic E-state index is 16.3. The highest BCUT2D eigenvalue weighted by Crippen LogP contribution is 2.57. The van der Waals surface area contributed by atoms with Gasteiger partial charge < -0.3 is 75.7 Å². The van der Waals surface area contributed by atoms with Crippen LogP contribution in [0.3, 0.4) is 0 Å². The van der Waals surface area contributed by atoms with Crippen LogP contribution in [0.4, 0.5) is 19.2 Å². The van der Waals surface area contributed by atoms with Crippen molar-refractivity contribution < 1.29 is 109 Å². The molecule has 0 aromatic heterocycles. The summed E-state index contributed by atoms with van der Waals surface area (Å²) in [5.41, 5.74) is -5.28. The molecule has 4 unspecified atom stereocenters. The van der Waals surface area contributed by atoms with Gasteiger partial charge >= 0.3 is 64.8 Å². The number of aromatic hydroxyl groups is 4. The van der Waals surface area contributed by atoms with E-state index in [-0.39, 0.29) is 55.6 Å². The second kappa shape index (κ2) is 42.3. The average Bonchev–Trinajstić information content (AvgIpc) is 0.725. The normalized spacial score (nSPS) is 18.0. The predicted molar refractivity (Wildman–Crippen MR) is 533 cm³/mol. The van der Waals surface area contributed by atoms with Gasteiger partial charge in [-0.3, -0.25) is 0 Å². The Hall–Kier alpha value is -11.0. The molecule has 4 N–H and O–H groups in total. The number of nitrogens with zero attached hydrogens (tertiary/aromatic N) is 4. The average molecular weight is 2010 g/mol. The first-order chi connectivity index (χ1) is 65.5. The number of amides is 4. The third-order valence-electron chi connectivity index (χ3n) is 27.3. The van der Waals surface area contributed by atoms with Gasteiger partial charge in [0.25, 0.3) is 0 Å². The second-order valence-electron chi connectivity index (χ2n) is 42.7. The van der Waals surface area contributed by atoms with Gasteiger partial charge in [0.05, 0.1) is 48.4 Å². The zero-order chi connectivity index (χ0) is 102. The van der Waals surface area contributed by atoms with Crippen molar-refractivity contribution in [2.45, 2.75) is 383 Å². The van der Waals surface area contributed by atoms with E-state index in [0.717, 1.165) is 25.7 Å². The van der Waals surface area contributed by atoms with Crippen molar-refractivity contribution in [3.63, 3.8) is 0 Å². The molecule has 5 aliphatic rings. The second-order valence-corrected chi connectivity index (χ2v) is 48.9. The van der Waals surface area contributed by atoms with Gasteiger partial charge in [-0.15, -0.1) is 0 Å². The van der Waals surface area contributed by atoms with Gasteiger partial charge in [0.1, 0.15) is 65.0 Å². The van der Waals surface area contributed by atoms with Crippen LogP contribution < -0.4 is 16.7 Å².